The molecule has 7 aliphatic heterocycles. The molecular formula is C128H124B3N5O. The van der Waals surface area contributed by atoms with Crippen molar-refractivity contribution in [3.63, 3.8) is 0 Å². The maximum atomic E-state index is 8.15. The van der Waals surface area contributed by atoms with Gasteiger partial charge in [-0.25, -0.2) is 0 Å². The first-order chi connectivity index (χ1) is 65.0. The smallest absolute Gasteiger partial charge is 0.252 e. The van der Waals surface area contributed by atoms with E-state index in [4.69, 9.17) is 4.74 Å². The Morgan fingerprint density at radius 3 is 0.686 bits per heavy atom. The molecule has 0 radical (unpaired) electrons. The first kappa shape index (κ1) is 87.6. The fourth-order valence-electron chi connectivity index (χ4n) is 22.9. The molecule has 9 heteroatoms. The summed E-state index contributed by atoms with van der Waals surface area (Å²) in [5.74, 6) is 1.68. The molecule has 676 valence electrons. The van der Waals surface area contributed by atoms with Crippen molar-refractivity contribution >= 4 is 155 Å². The quantitative estimate of drug-likeness (QED) is 0.134. The van der Waals surface area contributed by atoms with Gasteiger partial charge in [-0.15, -0.1) is 0 Å². The highest BCUT2D eigenvalue weighted by molar-refractivity contribution is 7.06. The predicted molar refractivity (Wildman–Crippen MR) is 591 cm³/mol. The molecule has 0 aliphatic carbocycles. The van der Waals surface area contributed by atoms with Crippen molar-refractivity contribution < 1.29 is 4.74 Å². The summed E-state index contributed by atoms with van der Waals surface area (Å²) in [6, 6.07) is 124. The number of rotatable bonds is 9. The zero-order chi connectivity index (χ0) is 95.5. The molecule has 7 heterocycles. The van der Waals surface area contributed by atoms with E-state index >= 15 is 0 Å². The van der Waals surface area contributed by atoms with E-state index in [-0.39, 0.29) is 56.7 Å². The van der Waals surface area contributed by atoms with Crippen molar-refractivity contribution in [3.8, 4) is 67.1 Å². The first-order valence-electron chi connectivity index (χ1n) is 49.8. The molecule has 0 bridgehead atoms. The number of hydrogen-bond acceptors (Lipinski definition) is 6. The average molecular weight is 1780 g/mol. The van der Waals surface area contributed by atoms with Gasteiger partial charge in [-0.3, -0.25) is 0 Å². The van der Waals surface area contributed by atoms with Gasteiger partial charge in [0, 0.05) is 73.9 Å². The van der Waals surface area contributed by atoms with Gasteiger partial charge >= 0.3 is 0 Å². The number of anilines is 15. The molecule has 0 spiro atoms. The van der Waals surface area contributed by atoms with Crippen LogP contribution in [0.2, 0.25) is 0 Å². The van der Waals surface area contributed by atoms with Crippen LogP contribution >= 0.6 is 0 Å². The van der Waals surface area contributed by atoms with Crippen LogP contribution in [0.25, 0.3) is 55.6 Å². The largest absolute Gasteiger partial charge is 0.453 e. The third-order valence-electron chi connectivity index (χ3n) is 30.6. The Morgan fingerprint density at radius 1 is 0.168 bits per heavy atom. The Morgan fingerprint density at radius 2 is 0.401 bits per heavy atom. The van der Waals surface area contributed by atoms with Gasteiger partial charge in [0.2, 0.25) is 0 Å². The Hall–Kier alpha value is -13.5. The van der Waals surface area contributed by atoms with Crippen LogP contribution in [-0.4, -0.2) is 20.1 Å². The third kappa shape index (κ3) is 14.3. The summed E-state index contributed by atoms with van der Waals surface area (Å²) >= 11 is 0. The lowest BCUT2D eigenvalue weighted by molar-refractivity contribution is 0.478. The van der Waals surface area contributed by atoms with Crippen LogP contribution in [0.1, 0.15) is 211 Å². The molecular weight excluding hydrogens is 1660 g/mol. The predicted octanol–water partition coefficient (Wildman–Crippen LogP) is 29.3. The van der Waals surface area contributed by atoms with E-state index in [9.17, 15) is 0 Å². The second-order valence-electron chi connectivity index (χ2n) is 48.3. The highest BCUT2D eigenvalue weighted by Crippen LogP contribution is 2.60. The van der Waals surface area contributed by atoms with Gasteiger partial charge in [0.1, 0.15) is 0 Å². The molecule has 7 aliphatic rings. The molecule has 23 rings (SSSR count). The van der Waals surface area contributed by atoms with Gasteiger partial charge in [-0.1, -0.05) is 385 Å². The summed E-state index contributed by atoms with van der Waals surface area (Å²) in [6.07, 6.45) is 0. The molecule has 137 heavy (non-hydrogen) atoms. The topological polar surface area (TPSA) is 25.4 Å². The second kappa shape index (κ2) is 30.5. The van der Waals surface area contributed by atoms with E-state index in [1.165, 1.54) is 127 Å². The van der Waals surface area contributed by atoms with E-state index in [0.29, 0.717) is 0 Å². The summed E-state index contributed by atoms with van der Waals surface area (Å²) < 4.78 is 8.15. The second-order valence-corrected chi connectivity index (χ2v) is 48.3. The molecule has 0 saturated heterocycles. The van der Waals surface area contributed by atoms with Crippen molar-refractivity contribution in [2.24, 2.45) is 0 Å². The minimum Gasteiger partial charge on any atom is -0.453 e. The van der Waals surface area contributed by atoms with Crippen molar-refractivity contribution in [3.05, 3.63) is 360 Å². The molecule has 0 aromatic heterocycles. The summed E-state index contributed by atoms with van der Waals surface area (Å²) in [7, 11) is 0. The lowest BCUT2D eigenvalue weighted by Gasteiger charge is -2.53. The SMILES string of the molecule is CC(C)(C)c1cc(N2c3ccc(-c4ccccc4)cc3B3c4cc5c(cc4N(c4cc(C(C)(C)C)cc(C(C)(C)C)c4)c4cc(-c6ccccc6)cc2c43)N(c2cc(C(C)(C)C)cc(C(C)(C)C)c2)c2cc3c4c6c2B5c2cc(-c5ccccc5)cc5c2N6c2c(cc(-c6ccccc6)cc2B4c2cc(-c4ccccc4)ccc2N3c2cc(C(C)(C)C)cc(C(C)(C)C)c2)O5)cc(C(C)(C)C)c1. The van der Waals surface area contributed by atoms with Crippen LogP contribution in [0.3, 0.4) is 0 Å². The van der Waals surface area contributed by atoms with Crippen LogP contribution in [0.5, 0.6) is 11.5 Å². The Balaban J connectivity index is 0.930. The molecule has 0 unspecified atom stereocenters. The van der Waals surface area contributed by atoms with Crippen LogP contribution < -0.4 is 78.4 Å². The molecule has 0 fully saturated rings. The zero-order valence-corrected chi connectivity index (χ0v) is 84.4. The summed E-state index contributed by atoms with van der Waals surface area (Å²) in [6.45, 7) is 56.5. The Bertz CT molecular complexity index is 7580. The molecule has 16 aromatic carbocycles. The van der Waals surface area contributed by atoms with Crippen LogP contribution in [0, 0.1) is 0 Å². The molecule has 0 saturated carbocycles. The normalized spacial score (nSPS) is 14.4. The van der Waals surface area contributed by atoms with Crippen molar-refractivity contribution in [1.29, 1.82) is 0 Å². The maximum Gasteiger partial charge on any atom is 0.252 e. The zero-order valence-electron chi connectivity index (χ0n) is 84.4. The van der Waals surface area contributed by atoms with E-state index < -0.39 is 6.71 Å². The number of benzene rings is 16. The lowest BCUT2D eigenvalue weighted by Crippen LogP contribution is -2.69. The molecule has 6 nitrogen and oxygen atoms in total. The van der Waals surface area contributed by atoms with E-state index in [1.54, 1.807) is 0 Å². The fraction of sp³-hybridized carbons (Fsp3) is 0.250. The number of ether oxygens (including phenoxy) is 1. The summed E-state index contributed by atoms with van der Waals surface area (Å²) in [5.41, 5.74) is 48.3. The van der Waals surface area contributed by atoms with Crippen molar-refractivity contribution in [2.45, 2.75) is 209 Å². The van der Waals surface area contributed by atoms with Gasteiger partial charge in [-0.05, 0) is 290 Å². The maximum absolute atomic E-state index is 8.15. The highest BCUT2D eigenvalue weighted by atomic mass is 16.5. The van der Waals surface area contributed by atoms with Gasteiger partial charge in [0.25, 0.3) is 20.1 Å². The number of nitrogens with zero attached hydrogens (tertiary/aromatic N) is 5. The standard InChI is InChI=1S/C128H124B3N5O/c1-121(2,3)87-62-88(122(4,5)6)67-95(66-87)132-105-52-50-82(77-40-30-25-31-41-77)54-99(105)129-101-74-102-108(75-107(101)134(97-70-91(125(13,14)15)64-92(71-97)126(16,17)18)110-59-86(58-109(132)115(110)129)81-48-38-29-39-49-81)135(98-72-93(127(19,20)21)65-94(73-98)128(22,23)24)112-76-111-116-120-117(112)131(102)104-57-85(80-46-36-28-37-47-80)61-114-119(104)136(120)118-103(56-84(60-113(118)137-114)79-44-34-27-35-45-79)130(116)100-55-83(78-42-32-26-33-43-78)51-53-106(100)133(111)96-68-89(123(7,8)9)63-90(69-96)124(10,11)12/h25-76H,1-24H3. The minimum absolute atomic E-state index is 0.186. The Labute approximate surface area is 814 Å². The molecule has 0 atom stereocenters. The van der Waals surface area contributed by atoms with Gasteiger partial charge in [0.05, 0.1) is 11.4 Å². The molecule has 0 amide bonds. The van der Waals surface area contributed by atoms with Crippen molar-refractivity contribution in [2.75, 3.05) is 24.5 Å². The Kier molecular flexibility index (Phi) is 19.5. The van der Waals surface area contributed by atoms with Gasteiger partial charge in [0.15, 0.2) is 11.5 Å². The molecule has 16 aromatic rings. The van der Waals surface area contributed by atoms with E-state index in [1.807, 2.05) is 0 Å². The number of hydrogen-bond donors (Lipinski definition) is 0. The van der Waals surface area contributed by atoms with Crippen LogP contribution in [0.4, 0.5) is 85.3 Å². The highest BCUT2D eigenvalue weighted by Gasteiger charge is 2.57. The lowest BCUT2D eigenvalue weighted by atomic mass is 9.27. The average Bonchev–Trinajstić information content (AvgIpc) is 0.651. The monoisotopic (exact) mass is 1780 g/mol. The first-order valence-corrected chi connectivity index (χ1v) is 49.8. The van der Waals surface area contributed by atoms with Gasteiger partial charge in [-0.2, -0.15) is 0 Å². The summed E-state index contributed by atoms with van der Waals surface area (Å²) in [5, 5.41) is 0. The van der Waals surface area contributed by atoms with Crippen LogP contribution in [-0.2, 0) is 43.3 Å². The fourth-order valence-corrected chi connectivity index (χ4v) is 22.9. The van der Waals surface area contributed by atoms with Crippen molar-refractivity contribution in [1.82, 2.24) is 0 Å². The molecule has 0 N–H and O–H groups in total. The third-order valence-corrected chi connectivity index (χ3v) is 30.6. The number of fused-ring (bicyclic) bond motifs is 10. The minimum atomic E-state index is -0.404. The van der Waals surface area contributed by atoms with Crippen LogP contribution in [0.15, 0.2) is 315 Å². The van der Waals surface area contributed by atoms with E-state index in [2.05, 4.69) is 506 Å². The van der Waals surface area contributed by atoms with Gasteiger partial charge < -0.3 is 29.2 Å². The summed E-state index contributed by atoms with van der Waals surface area (Å²) in [4.78, 5) is 13.8. The van der Waals surface area contributed by atoms with E-state index in [0.717, 1.165) is 119 Å².